The SMILES string of the molecule is CC(C)CC(C)(O)CNC(=O)C=CC(=O)O. The van der Waals surface area contributed by atoms with Gasteiger partial charge in [0.1, 0.15) is 0 Å². The fourth-order valence-electron chi connectivity index (χ4n) is 1.44. The summed E-state index contributed by atoms with van der Waals surface area (Å²) >= 11 is 0. The Balaban J connectivity index is 4.04. The number of rotatable bonds is 6. The van der Waals surface area contributed by atoms with Crippen LogP contribution in [0.5, 0.6) is 0 Å². The zero-order valence-corrected chi connectivity index (χ0v) is 9.86. The van der Waals surface area contributed by atoms with Gasteiger partial charge in [0.2, 0.25) is 5.91 Å². The van der Waals surface area contributed by atoms with Crippen LogP contribution < -0.4 is 5.32 Å². The van der Waals surface area contributed by atoms with E-state index < -0.39 is 17.5 Å². The third-order valence-electron chi connectivity index (χ3n) is 1.87. The minimum atomic E-state index is -1.18. The van der Waals surface area contributed by atoms with Gasteiger partial charge in [0, 0.05) is 18.7 Å². The Kier molecular flexibility index (Phi) is 5.74. The van der Waals surface area contributed by atoms with Crippen LogP contribution in [0.3, 0.4) is 0 Å². The summed E-state index contributed by atoms with van der Waals surface area (Å²) in [6, 6.07) is 0. The number of aliphatic hydroxyl groups is 1. The number of carboxylic acids is 1. The summed E-state index contributed by atoms with van der Waals surface area (Å²) < 4.78 is 0. The van der Waals surface area contributed by atoms with Gasteiger partial charge in [-0.25, -0.2) is 4.79 Å². The van der Waals surface area contributed by atoms with E-state index in [0.717, 1.165) is 12.2 Å². The van der Waals surface area contributed by atoms with Gasteiger partial charge >= 0.3 is 5.97 Å². The smallest absolute Gasteiger partial charge is 0.328 e. The molecule has 92 valence electrons. The lowest BCUT2D eigenvalue weighted by molar-refractivity contribution is -0.131. The molecule has 0 fully saturated rings. The number of carboxylic acid groups (broad SMARTS) is 1. The highest BCUT2D eigenvalue weighted by Crippen LogP contribution is 2.14. The maximum absolute atomic E-state index is 11.1. The van der Waals surface area contributed by atoms with Crippen molar-refractivity contribution < 1.29 is 19.8 Å². The maximum atomic E-state index is 11.1. The molecular weight excluding hydrogens is 210 g/mol. The molecule has 0 radical (unpaired) electrons. The summed E-state index contributed by atoms with van der Waals surface area (Å²) in [5, 5.41) is 20.6. The van der Waals surface area contributed by atoms with Crippen LogP contribution in [0.1, 0.15) is 27.2 Å². The molecule has 5 nitrogen and oxygen atoms in total. The van der Waals surface area contributed by atoms with Gasteiger partial charge in [-0.15, -0.1) is 0 Å². The zero-order chi connectivity index (χ0) is 12.8. The Morgan fingerprint density at radius 2 is 1.94 bits per heavy atom. The lowest BCUT2D eigenvalue weighted by Gasteiger charge is -2.25. The molecule has 1 unspecified atom stereocenters. The van der Waals surface area contributed by atoms with Crippen LogP contribution in [0.25, 0.3) is 0 Å². The molecule has 1 amide bonds. The van der Waals surface area contributed by atoms with Gasteiger partial charge in [-0.1, -0.05) is 13.8 Å². The van der Waals surface area contributed by atoms with E-state index in [2.05, 4.69) is 5.32 Å². The fraction of sp³-hybridized carbons (Fsp3) is 0.636. The Morgan fingerprint density at radius 1 is 1.38 bits per heavy atom. The van der Waals surface area contributed by atoms with Crippen LogP contribution in [-0.4, -0.2) is 34.2 Å². The molecule has 0 saturated heterocycles. The predicted molar refractivity (Wildman–Crippen MR) is 59.9 cm³/mol. The van der Waals surface area contributed by atoms with Crippen molar-refractivity contribution in [2.75, 3.05) is 6.54 Å². The van der Waals surface area contributed by atoms with Crippen molar-refractivity contribution in [3.8, 4) is 0 Å². The highest BCUT2D eigenvalue weighted by atomic mass is 16.4. The molecule has 0 aliphatic rings. The van der Waals surface area contributed by atoms with Gasteiger partial charge in [-0.3, -0.25) is 4.79 Å². The maximum Gasteiger partial charge on any atom is 0.328 e. The fourth-order valence-corrected chi connectivity index (χ4v) is 1.44. The minimum Gasteiger partial charge on any atom is -0.478 e. The van der Waals surface area contributed by atoms with Crippen molar-refractivity contribution in [3.63, 3.8) is 0 Å². The quantitative estimate of drug-likeness (QED) is 0.580. The molecule has 0 rings (SSSR count). The molecule has 0 aliphatic heterocycles. The molecule has 16 heavy (non-hydrogen) atoms. The van der Waals surface area contributed by atoms with Crippen LogP contribution in [-0.2, 0) is 9.59 Å². The number of nitrogens with one attached hydrogen (secondary N) is 1. The number of carbonyl (C=O) groups is 2. The lowest BCUT2D eigenvalue weighted by Crippen LogP contribution is -2.41. The van der Waals surface area contributed by atoms with Crippen molar-refractivity contribution in [1.82, 2.24) is 5.32 Å². The molecule has 0 saturated carbocycles. The molecule has 0 aliphatic carbocycles. The largest absolute Gasteiger partial charge is 0.478 e. The average Bonchev–Trinajstić information content (AvgIpc) is 2.09. The third kappa shape index (κ3) is 7.99. The predicted octanol–water partition coefficient (Wildman–Crippen LogP) is 0.540. The van der Waals surface area contributed by atoms with Gasteiger partial charge in [0.05, 0.1) is 5.60 Å². The van der Waals surface area contributed by atoms with Gasteiger partial charge in [-0.05, 0) is 19.3 Å². The Bertz CT molecular complexity index is 282. The molecule has 0 aromatic carbocycles. The number of hydrogen-bond donors (Lipinski definition) is 3. The molecular formula is C11H19NO4. The van der Waals surface area contributed by atoms with E-state index in [1.54, 1.807) is 6.92 Å². The van der Waals surface area contributed by atoms with E-state index in [0.29, 0.717) is 12.3 Å². The number of amides is 1. The highest BCUT2D eigenvalue weighted by Gasteiger charge is 2.21. The van der Waals surface area contributed by atoms with Crippen LogP contribution >= 0.6 is 0 Å². The first-order chi connectivity index (χ1) is 7.23. The second-order valence-electron chi connectivity index (χ2n) is 4.48. The minimum absolute atomic E-state index is 0.105. The summed E-state index contributed by atoms with van der Waals surface area (Å²) in [6.45, 7) is 5.68. The van der Waals surface area contributed by atoms with Gasteiger partial charge in [0.15, 0.2) is 0 Å². The average molecular weight is 229 g/mol. The topological polar surface area (TPSA) is 86.6 Å². The van der Waals surface area contributed by atoms with E-state index >= 15 is 0 Å². The normalized spacial score (nSPS) is 15.1. The molecule has 0 aromatic heterocycles. The van der Waals surface area contributed by atoms with Crippen molar-refractivity contribution >= 4 is 11.9 Å². The second kappa shape index (κ2) is 6.27. The van der Waals surface area contributed by atoms with Crippen LogP contribution in [0, 0.1) is 5.92 Å². The third-order valence-corrected chi connectivity index (χ3v) is 1.87. The standard InChI is InChI=1S/C11H19NO4/c1-8(2)6-11(3,16)7-12-9(13)4-5-10(14)15/h4-5,8,16H,6-7H2,1-3H3,(H,12,13)(H,14,15). The lowest BCUT2D eigenvalue weighted by atomic mass is 9.94. The van der Waals surface area contributed by atoms with Gasteiger partial charge in [-0.2, -0.15) is 0 Å². The summed E-state index contributed by atoms with van der Waals surface area (Å²) in [5.74, 6) is -1.38. The molecule has 0 aromatic rings. The number of hydrogen-bond acceptors (Lipinski definition) is 3. The van der Waals surface area contributed by atoms with E-state index in [9.17, 15) is 14.7 Å². The first kappa shape index (κ1) is 14.6. The summed E-state index contributed by atoms with van der Waals surface area (Å²) in [4.78, 5) is 21.2. The van der Waals surface area contributed by atoms with E-state index in [-0.39, 0.29) is 6.54 Å². The zero-order valence-electron chi connectivity index (χ0n) is 9.86. The van der Waals surface area contributed by atoms with E-state index in [4.69, 9.17) is 5.11 Å². The first-order valence-electron chi connectivity index (χ1n) is 5.14. The molecule has 3 N–H and O–H groups in total. The second-order valence-corrected chi connectivity index (χ2v) is 4.48. The van der Waals surface area contributed by atoms with Crippen LogP contribution in [0.2, 0.25) is 0 Å². The summed E-state index contributed by atoms with van der Waals surface area (Å²) in [5.41, 5.74) is -0.971. The monoisotopic (exact) mass is 229 g/mol. The Morgan fingerprint density at radius 3 is 2.38 bits per heavy atom. The van der Waals surface area contributed by atoms with Crippen molar-refractivity contribution in [2.45, 2.75) is 32.8 Å². The van der Waals surface area contributed by atoms with Gasteiger partial charge < -0.3 is 15.5 Å². The number of carbonyl (C=O) groups excluding carboxylic acids is 1. The van der Waals surface area contributed by atoms with E-state index in [1.165, 1.54) is 0 Å². The number of aliphatic carboxylic acids is 1. The van der Waals surface area contributed by atoms with Crippen molar-refractivity contribution in [2.24, 2.45) is 5.92 Å². The van der Waals surface area contributed by atoms with E-state index in [1.807, 2.05) is 13.8 Å². The van der Waals surface area contributed by atoms with Gasteiger partial charge in [0.25, 0.3) is 0 Å². The summed E-state index contributed by atoms with van der Waals surface area (Å²) in [6.07, 6.45) is 2.25. The van der Waals surface area contributed by atoms with Crippen molar-refractivity contribution in [3.05, 3.63) is 12.2 Å². The Hall–Kier alpha value is -1.36. The summed E-state index contributed by atoms with van der Waals surface area (Å²) in [7, 11) is 0. The molecule has 0 spiro atoms. The van der Waals surface area contributed by atoms with Crippen LogP contribution in [0.4, 0.5) is 0 Å². The highest BCUT2D eigenvalue weighted by molar-refractivity contribution is 5.93. The van der Waals surface area contributed by atoms with Crippen LogP contribution in [0.15, 0.2) is 12.2 Å². The Labute approximate surface area is 95.2 Å². The molecule has 5 heteroatoms. The molecule has 0 heterocycles. The first-order valence-corrected chi connectivity index (χ1v) is 5.14. The van der Waals surface area contributed by atoms with Crippen molar-refractivity contribution in [1.29, 1.82) is 0 Å². The molecule has 0 bridgehead atoms. The molecule has 1 atom stereocenters.